The highest BCUT2D eigenvalue weighted by Gasteiger charge is 2.14. The molecule has 8 heteroatoms. The molecule has 1 aromatic carbocycles. The Balaban J connectivity index is 2.49. The maximum absolute atomic E-state index is 13.3. The molecular formula is C13H14BrClFN5. The van der Waals surface area contributed by atoms with Gasteiger partial charge in [0.05, 0.1) is 10.7 Å². The molecule has 0 fully saturated rings. The highest BCUT2D eigenvalue weighted by Crippen LogP contribution is 2.35. The highest BCUT2D eigenvalue weighted by atomic mass is 79.9. The molecule has 112 valence electrons. The quantitative estimate of drug-likeness (QED) is 0.558. The van der Waals surface area contributed by atoms with Crippen LogP contribution >= 0.6 is 27.5 Å². The normalized spacial score (nSPS) is 10.6. The van der Waals surface area contributed by atoms with Crippen molar-refractivity contribution in [2.75, 3.05) is 10.7 Å². The van der Waals surface area contributed by atoms with Crippen LogP contribution in [0, 0.1) is 12.7 Å². The molecule has 4 N–H and O–H groups in total. The molecule has 0 saturated carbocycles. The van der Waals surface area contributed by atoms with Gasteiger partial charge in [-0.25, -0.2) is 20.2 Å². The molecule has 0 saturated heterocycles. The second kappa shape index (κ2) is 6.55. The zero-order valence-electron chi connectivity index (χ0n) is 11.5. The van der Waals surface area contributed by atoms with E-state index in [4.69, 9.17) is 17.4 Å². The van der Waals surface area contributed by atoms with Gasteiger partial charge in [0.15, 0.2) is 0 Å². The lowest BCUT2D eigenvalue weighted by Crippen LogP contribution is -2.14. The van der Waals surface area contributed by atoms with E-state index in [2.05, 4.69) is 36.6 Å². The molecule has 0 radical (unpaired) electrons. The summed E-state index contributed by atoms with van der Waals surface area (Å²) >= 11 is 9.35. The van der Waals surface area contributed by atoms with Crippen molar-refractivity contribution in [3.63, 3.8) is 0 Å². The number of nitrogens with one attached hydrogen (secondary N) is 2. The van der Waals surface area contributed by atoms with Crippen molar-refractivity contribution >= 4 is 44.9 Å². The van der Waals surface area contributed by atoms with Crippen LogP contribution in [-0.2, 0) is 6.42 Å². The molecule has 2 rings (SSSR count). The summed E-state index contributed by atoms with van der Waals surface area (Å²) in [6.45, 7) is 3.76. The van der Waals surface area contributed by atoms with E-state index in [-0.39, 0.29) is 5.02 Å². The van der Waals surface area contributed by atoms with Crippen molar-refractivity contribution in [1.82, 2.24) is 9.97 Å². The van der Waals surface area contributed by atoms with Crippen molar-refractivity contribution in [2.24, 2.45) is 5.84 Å². The minimum absolute atomic E-state index is 0.250. The zero-order chi connectivity index (χ0) is 15.6. The van der Waals surface area contributed by atoms with Gasteiger partial charge < -0.3 is 10.7 Å². The second-order valence-electron chi connectivity index (χ2n) is 4.33. The van der Waals surface area contributed by atoms with Crippen molar-refractivity contribution < 1.29 is 4.39 Å². The van der Waals surface area contributed by atoms with Gasteiger partial charge in [-0.2, -0.15) is 0 Å². The van der Waals surface area contributed by atoms with Crippen LogP contribution in [0.4, 0.5) is 21.7 Å². The number of hydrogen-bond acceptors (Lipinski definition) is 5. The fourth-order valence-corrected chi connectivity index (χ4v) is 2.66. The Kier molecular flexibility index (Phi) is 4.97. The Bertz CT molecular complexity index is 657. The van der Waals surface area contributed by atoms with Gasteiger partial charge in [-0.05, 0) is 35.0 Å². The van der Waals surface area contributed by atoms with Crippen LogP contribution in [0.2, 0.25) is 5.02 Å². The predicted octanol–water partition coefficient (Wildman–Crippen LogP) is 3.93. The number of nitrogens with zero attached hydrogens (tertiary/aromatic N) is 2. The Morgan fingerprint density at radius 2 is 2.00 bits per heavy atom. The monoisotopic (exact) mass is 373 g/mol. The van der Waals surface area contributed by atoms with E-state index >= 15 is 0 Å². The van der Waals surface area contributed by atoms with Gasteiger partial charge in [0.2, 0.25) is 0 Å². The summed E-state index contributed by atoms with van der Waals surface area (Å²) in [6.07, 6.45) is 0.655. The first-order valence-corrected chi connectivity index (χ1v) is 7.39. The third kappa shape index (κ3) is 3.42. The maximum Gasteiger partial charge on any atom is 0.148 e. The standard InChI is InChI=1S/C13H14BrClFN5/c1-3-10-18-12(6(2)13(19-10)21-17)20-11-8(14)4-7(16)5-9(11)15/h4-5H,3,17H2,1-2H3,(H2,18,19,20,21). The van der Waals surface area contributed by atoms with Crippen LogP contribution in [0.15, 0.2) is 16.6 Å². The summed E-state index contributed by atoms with van der Waals surface area (Å²) in [6, 6.07) is 2.56. The minimum atomic E-state index is -0.421. The first-order chi connectivity index (χ1) is 9.96. The van der Waals surface area contributed by atoms with Gasteiger partial charge >= 0.3 is 0 Å². The van der Waals surface area contributed by atoms with E-state index in [9.17, 15) is 4.39 Å². The molecule has 0 bridgehead atoms. The Morgan fingerprint density at radius 1 is 1.33 bits per heavy atom. The molecular weight excluding hydrogens is 361 g/mol. The van der Waals surface area contributed by atoms with E-state index in [0.717, 1.165) is 5.56 Å². The number of hydrazine groups is 1. The first kappa shape index (κ1) is 15.9. The lowest BCUT2D eigenvalue weighted by atomic mass is 10.2. The number of nitrogens with two attached hydrogens (primary N) is 1. The molecule has 0 aliphatic heterocycles. The molecule has 1 aromatic heterocycles. The van der Waals surface area contributed by atoms with E-state index in [1.54, 1.807) is 0 Å². The molecule has 1 heterocycles. The van der Waals surface area contributed by atoms with Crippen LogP contribution in [0.25, 0.3) is 0 Å². The second-order valence-corrected chi connectivity index (χ2v) is 5.59. The van der Waals surface area contributed by atoms with Crippen molar-refractivity contribution in [2.45, 2.75) is 20.3 Å². The van der Waals surface area contributed by atoms with E-state index in [1.807, 2.05) is 13.8 Å². The summed E-state index contributed by atoms with van der Waals surface area (Å²) in [5.41, 5.74) is 3.81. The number of benzene rings is 1. The van der Waals surface area contributed by atoms with Crippen LogP contribution in [0.1, 0.15) is 18.3 Å². The molecule has 5 nitrogen and oxygen atoms in total. The smallest absolute Gasteiger partial charge is 0.148 e. The van der Waals surface area contributed by atoms with Crippen LogP contribution in [-0.4, -0.2) is 9.97 Å². The molecule has 0 atom stereocenters. The number of aromatic nitrogens is 2. The summed E-state index contributed by atoms with van der Waals surface area (Å²) in [5.74, 6) is 6.76. The predicted molar refractivity (Wildman–Crippen MR) is 86.3 cm³/mol. The maximum atomic E-state index is 13.3. The van der Waals surface area contributed by atoms with E-state index < -0.39 is 5.82 Å². The number of halogens is 3. The first-order valence-electron chi connectivity index (χ1n) is 6.22. The van der Waals surface area contributed by atoms with Crippen molar-refractivity contribution in [3.8, 4) is 0 Å². The van der Waals surface area contributed by atoms with Gasteiger partial charge in [-0.15, -0.1) is 0 Å². The Morgan fingerprint density at radius 3 is 2.57 bits per heavy atom. The number of aryl methyl sites for hydroxylation is 1. The molecule has 0 amide bonds. The Labute approximate surface area is 135 Å². The highest BCUT2D eigenvalue weighted by molar-refractivity contribution is 9.10. The fourth-order valence-electron chi connectivity index (χ4n) is 1.76. The van der Waals surface area contributed by atoms with Crippen LogP contribution in [0.5, 0.6) is 0 Å². The molecule has 0 aliphatic rings. The zero-order valence-corrected chi connectivity index (χ0v) is 13.8. The summed E-state index contributed by atoms with van der Waals surface area (Å²) in [4.78, 5) is 8.69. The molecule has 21 heavy (non-hydrogen) atoms. The molecule has 2 aromatic rings. The lowest BCUT2D eigenvalue weighted by Gasteiger charge is -2.15. The third-order valence-electron chi connectivity index (χ3n) is 2.90. The van der Waals surface area contributed by atoms with Gasteiger partial charge in [0.25, 0.3) is 0 Å². The van der Waals surface area contributed by atoms with E-state index in [0.29, 0.717) is 34.0 Å². The van der Waals surface area contributed by atoms with E-state index in [1.165, 1.54) is 12.1 Å². The minimum Gasteiger partial charge on any atom is -0.338 e. The number of rotatable bonds is 4. The molecule has 0 spiro atoms. The van der Waals surface area contributed by atoms with Crippen molar-refractivity contribution in [3.05, 3.63) is 38.8 Å². The summed E-state index contributed by atoms with van der Waals surface area (Å²) in [7, 11) is 0. The average molecular weight is 375 g/mol. The van der Waals surface area contributed by atoms with Gasteiger partial charge in [0, 0.05) is 16.5 Å². The summed E-state index contributed by atoms with van der Waals surface area (Å²) in [5, 5.41) is 3.34. The van der Waals surface area contributed by atoms with Gasteiger partial charge in [-0.3, -0.25) is 0 Å². The van der Waals surface area contributed by atoms with Gasteiger partial charge in [-0.1, -0.05) is 18.5 Å². The van der Waals surface area contributed by atoms with Crippen LogP contribution < -0.4 is 16.6 Å². The third-order valence-corrected chi connectivity index (χ3v) is 3.82. The van der Waals surface area contributed by atoms with Crippen molar-refractivity contribution in [1.29, 1.82) is 0 Å². The van der Waals surface area contributed by atoms with Gasteiger partial charge in [0.1, 0.15) is 23.3 Å². The topological polar surface area (TPSA) is 75.9 Å². The average Bonchev–Trinajstić information content (AvgIpc) is 2.44. The van der Waals surface area contributed by atoms with Crippen LogP contribution in [0.3, 0.4) is 0 Å². The SMILES string of the molecule is CCc1nc(NN)c(C)c(Nc2c(Cl)cc(F)cc2Br)n1. The fraction of sp³-hybridized carbons (Fsp3) is 0.231. The number of nitrogen functional groups attached to an aromatic ring is 1. The summed E-state index contributed by atoms with van der Waals surface area (Å²) < 4.78 is 13.8. The lowest BCUT2D eigenvalue weighted by molar-refractivity contribution is 0.627. The number of hydrogen-bond donors (Lipinski definition) is 3. The Hall–Kier alpha value is -1.44. The molecule has 0 aliphatic carbocycles. The molecule has 0 unspecified atom stereocenters. The largest absolute Gasteiger partial charge is 0.338 e. The number of anilines is 3.